The molecule has 180 valence electrons. The second-order valence-electron chi connectivity index (χ2n) is 9.04. The summed E-state index contributed by atoms with van der Waals surface area (Å²) in [5.74, 6) is 1.78. The van der Waals surface area contributed by atoms with Crippen LogP contribution in [-0.4, -0.2) is 62.2 Å². The van der Waals surface area contributed by atoms with Gasteiger partial charge in [0.25, 0.3) is 0 Å². The highest BCUT2D eigenvalue weighted by Gasteiger charge is 2.25. The van der Waals surface area contributed by atoms with E-state index < -0.39 is 0 Å². The molecule has 3 rings (SSSR count). The molecule has 1 aliphatic heterocycles. The average molecular weight is 558 g/mol. The minimum absolute atomic E-state index is 0. The fourth-order valence-corrected chi connectivity index (χ4v) is 3.97. The highest BCUT2D eigenvalue weighted by molar-refractivity contribution is 14.0. The van der Waals surface area contributed by atoms with Crippen LogP contribution < -0.4 is 16.0 Å². The van der Waals surface area contributed by atoms with E-state index >= 15 is 0 Å². The summed E-state index contributed by atoms with van der Waals surface area (Å²) in [6.07, 6.45) is 3.34. The molecule has 1 saturated carbocycles. The van der Waals surface area contributed by atoms with Crippen molar-refractivity contribution in [1.29, 1.82) is 0 Å². The molecule has 1 saturated heterocycles. The summed E-state index contributed by atoms with van der Waals surface area (Å²) in [6, 6.07) is 7.97. The van der Waals surface area contributed by atoms with Crippen molar-refractivity contribution >= 4 is 41.5 Å². The van der Waals surface area contributed by atoms with Gasteiger partial charge in [-0.2, -0.15) is 0 Å². The Bertz CT molecular complexity index is 739. The number of benzene rings is 1. The van der Waals surface area contributed by atoms with Crippen molar-refractivity contribution in [2.24, 2.45) is 16.8 Å². The molecule has 0 aromatic heterocycles. The molecule has 1 amide bonds. The van der Waals surface area contributed by atoms with Crippen LogP contribution in [0, 0.1) is 11.8 Å². The maximum atomic E-state index is 12.2. The maximum Gasteiger partial charge on any atom is 0.227 e. The second kappa shape index (κ2) is 14.0. The van der Waals surface area contributed by atoms with Gasteiger partial charge in [-0.1, -0.05) is 32.4 Å². The second-order valence-corrected chi connectivity index (χ2v) is 9.04. The fraction of sp³-hybridized carbons (Fsp3) is 0.667. The van der Waals surface area contributed by atoms with E-state index in [1.165, 1.54) is 0 Å². The van der Waals surface area contributed by atoms with Gasteiger partial charge in [0.15, 0.2) is 5.96 Å². The Hall–Kier alpha value is -1.39. The summed E-state index contributed by atoms with van der Waals surface area (Å²) < 4.78 is 5.94. The first-order valence-corrected chi connectivity index (χ1v) is 11.8. The summed E-state index contributed by atoms with van der Waals surface area (Å²) in [5, 5.41) is 9.78. The molecular weight excluding hydrogens is 517 g/mol. The minimum atomic E-state index is 0. The van der Waals surface area contributed by atoms with Crippen LogP contribution in [0.15, 0.2) is 29.3 Å². The molecule has 1 unspecified atom stereocenters. The number of carbonyl (C=O) groups excluding carboxylic acids is 1. The third kappa shape index (κ3) is 8.86. The molecule has 0 radical (unpaired) electrons. The van der Waals surface area contributed by atoms with Crippen molar-refractivity contribution in [2.45, 2.75) is 52.7 Å². The zero-order valence-electron chi connectivity index (χ0n) is 19.7. The van der Waals surface area contributed by atoms with Crippen molar-refractivity contribution in [1.82, 2.24) is 15.5 Å². The summed E-state index contributed by atoms with van der Waals surface area (Å²) in [5.41, 5.74) is 1.92. The van der Waals surface area contributed by atoms with E-state index in [-0.39, 0.29) is 41.9 Å². The van der Waals surface area contributed by atoms with Crippen LogP contribution in [0.25, 0.3) is 0 Å². The Morgan fingerprint density at radius 3 is 2.78 bits per heavy atom. The predicted octanol–water partition coefficient (Wildman–Crippen LogP) is 3.46. The first-order valence-electron chi connectivity index (χ1n) is 11.8. The maximum absolute atomic E-state index is 12.2. The number of halogens is 1. The van der Waals surface area contributed by atoms with Crippen molar-refractivity contribution < 1.29 is 9.53 Å². The van der Waals surface area contributed by atoms with Gasteiger partial charge >= 0.3 is 0 Å². The van der Waals surface area contributed by atoms with Crippen LogP contribution in [0.1, 0.15) is 45.6 Å². The fourth-order valence-electron chi connectivity index (χ4n) is 3.97. The molecule has 2 aliphatic rings. The summed E-state index contributed by atoms with van der Waals surface area (Å²) in [6.45, 7) is 12.5. The lowest BCUT2D eigenvalue weighted by atomic mass is 9.85. The number of hydrogen-bond donors (Lipinski definition) is 3. The van der Waals surface area contributed by atoms with E-state index in [1.807, 2.05) is 24.3 Å². The van der Waals surface area contributed by atoms with E-state index in [4.69, 9.17) is 9.73 Å². The highest BCUT2D eigenvalue weighted by atomic mass is 127. The van der Waals surface area contributed by atoms with Crippen LogP contribution in [0.3, 0.4) is 0 Å². The van der Waals surface area contributed by atoms with Gasteiger partial charge in [-0.25, -0.2) is 4.99 Å². The molecule has 1 atom stereocenters. The summed E-state index contributed by atoms with van der Waals surface area (Å²) >= 11 is 0. The van der Waals surface area contributed by atoms with Crippen LogP contribution in [0.4, 0.5) is 5.69 Å². The van der Waals surface area contributed by atoms with Gasteiger partial charge in [0, 0.05) is 44.3 Å². The number of nitrogens with zero attached hydrogens (tertiary/aromatic N) is 2. The molecule has 0 spiro atoms. The number of amides is 1. The van der Waals surface area contributed by atoms with E-state index in [9.17, 15) is 4.79 Å². The summed E-state index contributed by atoms with van der Waals surface area (Å²) in [7, 11) is 0. The number of nitrogens with one attached hydrogen (secondary N) is 3. The number of anilines is 1. The van der Waals surface area contributed by atoms with Gasteiger partial charge in [0.05, 0.1) is 19.3 Å². The molecule has 8 heteroatoms. The zero-order valence-corrected chi connectivity index (χ0v) is 22.1. The van der Waals surface area contributed by atoms with E-state index in [0.29, 0.717) is 12.5 Å². The number of morpholine rings is 1. The Morgan fingerprint density at radius 2 is 2.09 bits per heavy atom. The topological polar surface area (TPSA) is 78.0 Å². The van der Waals surface area contributed by atoms with Crippen molar-refractivity contribution in [3.05, 3.63) is 29.8 Å². The zero-order chi connectivity index (χ0) is 22.1. The van der Waals surface area contributed by atoms with Crippen molar-refractivity contribution in [3.63, 3.8) is 0 Å². The first-order chi connectivity index (χ1) is 15.0. The number of carbonyl (C=O) groups is 1. The summed E-state index contributed by atoms with van der Waals surface area (Å²) in [4.78, 5) is 19.4. The van der Waals surface area contributed by atoms with Gasteiger partial charge in [-0.05, 0) is 43.4 Å². The van der Waals surface area contributed by atoms with Gasteiger partial charge in [-0.15, -0.1) is 24.0 Å². The van der Waals surface area contributed by atoms with Crippen molar-refractivity contribution in [2.75, 3.05) is 44.6 Å². The molecule has 2 fully saturated rings. The third-order valence-corrected chi connectivity index (χ3v) is 5.78. The SMILES string of the molecule is CCNC(=NCc1cccc(NC(=O)C2CCC2)c1)NCC1CN(CC(C)C)CCO1.I. The number of guanidine groups is 1. The monoisotopic (exact) mass is 557 g/mol. The molecule has 7 nitrogen and oxygen atoms in total. The van der Waals surface area contributed by atoms with Crippen LogP contribution in [0.2, 0.25) is 0 Å². The van der Waals surface area contributed by atoms with E-state index in [1.54, 1.807) is 0 Å². The number of ether oxygens (including phenoxy) is 1. The minimum Gasteiger partial charge on any atom is -0.374 e. The predicted molar refractivity (Wildman–Crippen MR) is 142 cm³/mol. The Balaban J connectivity index is 0.00000363. The number of aliphatic imine (C=N–C) groups is 1. The standard InChI is InChI=1S/C24H39N5O2.HI/c1-4-25-24(27-15-22-17-29(11-12-31-22)16-18(2)3)26-14-19-7-5-10-21(13-19)28-23(30)20-8-6-9-20;/h5,7,10,13,18,20,22H,4,6,8-9,11-12,14-17H2,1-3H3,(H,28,30)(H2,25,26,27);1H. The normalized spacial score (nSPS) is 19.8. The molecule has 1 heterocycles. The molecule has 0 bridgehead atoms. The lowest BCUT2D eigenvalue weighted by Gasteiger charge is -2.34. The van der Waals surface area contributed by atoms with Crippen molar-refractivity contribution in [3.8, 4) is 0 Å². The quantitative estimate of drug-likeness (QED) is 0.246. The van der Waals surface area contributed by atoms with Crippen LogP contribution in [-0.2, 0) is 16.1 Å². The van der Waals surface area contributed by atoms with Gasteiger partial charge < -0.3 is 20.7 Å². The Morgan fingerprint density at radius 1 is 1.28 bits per heavy atom. The molecule has 1 aromatic rings. The molecule has 1 aromatic carbocycles. The van der Waals surface area contributed by atoms with E-state index in [2.05, 4.69) is 41.6 Å². The average Bonchev–Trinajstić information content (AvgIpc) is 2.69. The molecule has 3 N–H and O–H groups in total. The largest absolute Gasteiger partial charge is 0.374 e. The molecule has 1 aliphatic carbocycles. The van der Waals surface area contributed by atoms with Crippen LogP contribution >= 0.6 is 24.0 Å². The van der Waals surface area contributed by atoms with Gasteiger partial charge in [0.1, 0.15) is 0 Å². The lowest BCUT2D eigenvalue weighted by molar-refractivity contribution is -0.122. The van der Waals surface area contributed by atoms with Gasteiger partial charge in [-0.3, -0.25) is 9.69 Å². The lowest BCUT2D eigenvalue weighted by Crippen LogP contribution is -2.50. The number of rotatable bonds is 9. The van der Waals surface area contributed by atoms with Crippen LogP contribution in [0.5, 0.6) is 0 Å². The first kappa shape index (κ1) is 26.9. The van der Waals surface area contributed by atoms with E-state index in [0.717, 1.165) is 75.8 Å². The smallest absolute Gasteiger partial charge is 0.227 e. The molecule has 32 heavy (non-hydrogen) atoms. The Labute approximate surface area is 210 Å². The Kier molecular flexibility index (Phi) is 11.7. The molecular formula is C24H40IN5O2. The van der Waals surface area contributed by atoms with Gasteiger partial charge in [0.2, 0.25) is 5.91 Å². The third-order valence-electron chi connectivity index (χ3n) is 5.78. The number of hydrogen-bond acceptors (Lipinski definition) is 4. The highest BCUT2D eigenvalue weighted by Crippen LogP contribution is 2.27.